The van der Waals surface area contributed by atoms with Crippen LogP contribution in [0.15, 0.2) is 47.5 Å². The molecule has 3 aliphatic rings. The molecule has 0 radical (unpaired) electrons. The summed E-state index contributed by atoms with van der Waals surface area (Å²) in [7, 11) is 0. The van der Waals surface area contributed by atoms with E-state index in [1.807, 2.05) is 48.7 Å². The summed E-state index contributed by atoms with van der Waals surface area (Å²) in [4.78, 5) is 16.1. The van der Waals surface area contributed by atoms with Gasteiger partial charge in [0, 0.05) is 24.0 Å². The van der Waals surface area contributed by atoms with Gasteiger partial charge in [-0.3, -0.25) is 9.69 Å². The van der Waals surface area contributed by atoms with Crippen molar-refractivity contribution in [2.24, 2.45) is 0 Å². The molecule has 3 aromatic rings. The van der Waals surface area contributed by atoms with Crippen LogP contribution in [0.2, 0.25) is 0 Å². The average molecular weight is 433 g/mol. The van der Waals surface area contributed by atoms with Crippen LogP contribution in [0.1, 0.15) is 31.9 Å². The van der Waals surface area contributed by atoms with Gasteiger partial charge in [0.1, 0.15) is 18.2 Å². The van der Waals surface area contributed by atoms with Crippen molar-refractivity contribution in [3.63, 3.8) is 0 Å². The van der Waals surface area contributed by atoms with E-state index in [0.29, 0.717) is 36.9 Å². The Bertz CT molecular complexity index is 1240. The molecular formula is C24H19NO5S. The first-order chi connectivity index (χ1) is 15.2. The molecule has 0 saturated heterocycles. The Balaban J connectivity index is 1.27. The number of aryl methyl sites for hydroxylation is 1. The lowest BCUT2D eigenvalue weighted by molar-refractivity contribution is 0.0872. The van der Waals surface area contributed by atoms with Gasteiger partial charge in [0.15, 0.2) is 17.3 Å². The van der Waals surface area contributed by atoms with Gasteiger partial charge in [-0.25, -0.2) is 0 Å². The third-order valence-electron chi connectivity index (χ3n) is 5.69. The molecule has 1 aromatic heterocycles. The Labute approximate surface area is 183 Å². The largest absolute Gasteiger partial charge is 0.478 e. The lowest BCUT2D eigenvalue weighted by Crippen LogP contribution is -2.31. The van der Waals surface area contributed by atoms with Crippen LogP contribution in [0, 0.1) is 6.92 Å². The molecule has 3 aliphatic heterocycles. The lowest BCUT2D eigenvalue weighted by atomic mass is 10.0. The maximum Gasteiger partial charge on any atom is 0.232 e. The van der Waals surface area contributed by atoms with E-state index in [1.165, 1.54) is 0 Å². The van der Waals surface area contributed by atoms with Crippen LogP contribution in [-0.4, -0.2) is 24.2 Å². The number of ether oxygens (including phenoxy) is 4. The number of fused-ring (bicyclic) bond motifs is 4. The lowest BCUT2D eigenvalue weighted by Gasteiger charge is -2.29. The number of carbonyl (C=O) groups excluding carboxylic acids is 1. The fraction of sp³-hybridized carbons (Fsp3) is 0.208. The van der Waals surface area contributed by atoms with Gasteiger partial charge < -0.3 is 18.9 Å². The molecule has 156 valence electrons. The predicted octanol–water partition coefficient (Wildman–Crippen LogP) is 4.75. The number of benzene rings is 2. The molecule has 0 fully saturated rings. The van der Waals surface area contributed by atoms with Crippen LogP contribution >= 0.6 is 11.3 Å². The first-order valence-electron chi connectivity index (χ1n) is 10.0. The van der Waals surface area contributed by atoms with Crippen LogP contribution in [0.5, 0.6) is 23.0 Å². The van der Waals surface area contributed by atoms with Crippen molar-refractivity contribution < 1.29 is 23.7 Å². The number of allylic oxidation sites excluding steroid dienone is 1. The molecule has 4 heterocycles. The van der Waals surface area contributed by atoms with E-state index in [0.717, 1.165) is 38.8 Å². The second kappa shape index (κ2) is 7.14. The molecule has 31 heavy (non-hydrogen) atoms. The molecule has 0 N–H and O–H groups in total. The summed E-state index contributed by atoms with van der Waals surface area (Å²) in [6, 6.07) is 11.7. The van der Waals surface area contributed by atoms with E-state index in [2.05, 4.69) is 4.90 Å². The molecule has 2 aromatic carbocycles. The van der Waals surface area contributed by atoms with Crippen molar-refractivity contribution in [1.82, 2.24) is 4.90 Å². The summed E-state index contributed by atoms with van der Waals surface area (Å²) in [6.07, 6.45) is 1.84. The van der Waals surface area contributed by atoms with E-state index in [-0.39, 0.29) is 12.6 Å². The molecule has 0 atom stereocenters. The van der Waals surface area contributed by atoms with E-state index in [4.69, 9.17) is 18.9 Å². The smallest absolute Gasteiger partial charge is 0.232 e. The van der Waals surface area contributed by atoms with Crippen molar-refractivity contribution in [1.29, 1.82) is 0 Å². The SMILES string of the molecule is Cc1ccsc1/C=C1\Oc2c(ccc3c2CN(Cc2ccc4c(c2)OCO4)CO3)C1=O. The topological polar surface area (TPSA) is 57.2 Å². The second-order valence-electron chi connectivity index (χ2n) is 7.77. The molecular weight excluding hydrogens is 414 g/mol. The number of Topliss-reactive ketones (excluding diaryl/α,β-unsaturated/α-hetero) is 1. The maximum atomic E-state index is 12.9. The van der Waals surface area contributed by atoms with Crippen LogP contribution in [-0.2, 0) is 13.1 Å². The van der Waals surface area contributed by atoms with Crippen molar-refractivity contribution in [2.45, 2.75) is 20.0 Å². The Hall–Kier alpha value is -3.29. The number of hydrogen-bond donors (Lipinski definition) is 0. The molecule has 0 amide bonds. The second-order valence-corrected chi connectivity index (χ2v) is 8.72. The first-order valence-corrected chi connectivity index (χ1v) is 10.9. The number of nitrogens with zero attached hydrogens (tertiary/aromatic N) is 1. The number of ketones is 1. The van der Waals surface area contributed by atoms with Gasteiger partial charge in [-0.2, -0.15) is 0 Å². The minimum absolute atomic E-state index is 0.0847. The highest BCUT2D eigenvalue weighted by molar-refractivity contribution is 7.11. The standard InChI is InChI=1S/C24H19NO5S/c1-14-6-7-31-22(14)9-21-23(26)16-3-5-18-17(24(16)30-21)11-25(12-27-18)10-15-2-4-19-20(8-15)29-13-28-19/h2-9H,10-13H2,1H3/b21-9-. The molecule has 0 bridgehead atoms. The van der Waals surface area contributed by atoms with Gasteiger partial charge in [0.25, 0.3) is 0 Å². The van der Waals surface area contributed by atoms with Crippen molar-refractivity contribution in [3.8, 4) is 23.0 Å². The van der Waals surface area contributed by atoms with Crippen molar-refractivity contribution >= 4 is 23.2 Å². The summed E-state index contributed by atoms with van der Waals surface area (Å²) in [5.74, 6) is 3.19. The van der Waals surface area contributed by atoms with Gasteiger partial charge in [0.2, 0.25) is 12.6 Å². The number of thiophene rings is 1. The highest BCUT2D eigenvalue weighted by Crippen LogP contribution is 2.42. The normalized spacial score (nSPS) is 18.0. The quantitative estimate of drug-likeness (QED) is 0.556. The molecule has 0 aliphatic carbocycles. The van der Waals surface area contributed by atoms with Gasteiger partial charge in [-0.15, -0.1) is 11.3 Å². The Morgan fingerprint density at radius 2 is 1.94 bits per heavy atom. The molecule has 0 spiro atoms. The zero-order valence-corrected chi connectivity index (χ0v) is 17.7. The van der Waals surface area contributed by atoms with E-state index >= 15 is 0 Å². The minimum Gasteiger partial charge on any atom is -0.478 e. The summed E-state index contributed by atoms with van der Waals surface area (Å²) in [5.41, 5.74) is 3.73. The van der Waals surface area contributed by atoms with Crippen molar-refractivity contribution in [2.75, 3.05) is 13.5 Å². The number of hydrogen-bond acceptors (Lipinski definition) is 7. The first kappa shape index (κ1) is 18.5. The highest BCUT2D eigenvalue weighted by atomic mass is 32.1. The molecule has 6 rings (SSSR count). The summed E-state index contributed by atoms with van der Waals surface area (Å²) in [5, 5.41) is 2.01. The highest BCUT2D eigenvalue weighted by Gasteiger charge is 2.33. The molecule has 0 saturated carbocycles. The van der Waals surface area contributed by atoms with Gasteiger partial charge in [-0.05, 0) is 53.8 Å². The molecule has 0 unspecified atom stereocenters. The third kappa shape index (κ3) is 3.17. The zero-order chi connectivity index (χ0) is 20.9. The van der Waals surface area contributed by atoms with E-state index in [9.17, 15) is 4.79 Å². The maximum absolute atomic E-state index is 12.9. The Morgan fingerprint density at radius 3 is 2.81 bits per heavy atom. The summed E-state index contributed by atoms with van der Waals surface area (Å²) in [6.45, 7) is 4.07. The number of rotatable bonds is 3. The van der Waals surface area contributed by atoms with E-state index < -0.39 is 0 Å². The zero-order valence-electron chi connectivity index (χ0n) is 16.8. The van der Waals surface area contributed by atoms with Gasteiger partial charge in [-0.1, -0.05) is 6.07 Å². The van der Waals surface area contributed by atoms with E-state index in [1.54, 1.807) is 17.4 Å². The minimum atomic E-state index is -0.0847. The molecule has 7 heteroatoms. The molecule has 6 nitrogen and oxygen atoms in total. The van der Waals surface area contributed by atoms with Gasteiger partial charge in [0.05, 0.1) is 11.1 Å². The van der Waals surface area contributed by atoms with Crippen LogP contribution in [0.25, 0.3) is 6.08 Å². The third-order valence-corrected chi connectivity index (χ3v) is 6.66. The van der Waals surface area contributed by atoms with Crippen LogP contribution < -0.4 is 18.9 Å². The Kier molecular flexibility index (Phi) is 4.26. The average Bonchev–Trinajstić information content (AvgIpc) is 3.48. The monoisotopic (exact) mass is 433 g/mol. The fourth-order valence-electron chi connectivity index (χ4n) is 4.05. The fourth-order valence-corrected chi connectivity index (χ4v) is 4.90. The number of carbonyl (C=O) groups is 1. The Morgan fingerprint density at radius 1 is 1.06 bits per heavy atom. The predicted molar refractivity (Wildman–Crippen MR) is 116 cm³/mol. The van der Waals surface area contributed by atoms with Crippen LogP contribution in [0.3, 0.4) is 0 Å². The van der Waals surface area contributed by atoms with Crippen molar-refractivity contribution in [3.05, 3.63) is 74.7 Å². The van der Waals surface area contributed by atoms with Crippen LogP contribution in [0.4, 0.5) is 0 Å². The van der Waals surface area contributed by atoms with Gasteiger partial charge >= 0.3 is 0 Å². The summed E-state index contributed by atoms with van der Waals surface area (Å²) >= 11 is 1.60. The summed E-state index contributed by atoms with van der Waals surface area (Å²) < 4.78 is 22.9.